The molecule has 0 unspecified atom stereocenters. The number of carbonyl (C=O) groups is 1. The highest BCUT2D eigenvalue weighted by atomic mass is 16.1. The van der Waals surface area contributed by atoms with Crippen molar-refractivity contribution in [3.05, 3.63) is 0 Å². The molecule has 0 aromatic rings. The molecule has 1 heterocycles. The van der Waals surface area contributed by atoms with Gasteiger partial charge in [-0.2, -0.15) is 0 Å². The Balaban J connectivity index is 2.44. The zero-order valence-corrected chi connectivity index (χ0v) is 8.05. The van der Waals surface area contributed by atoms with E-state index in [9.17, 15) is 4.79 Å². The minimum Gasteiger partial charge on any atom is -0.368 e. The van der Waals surface area contributed by atoms with Crippen LogP contribution in [0.15, 0.2) is 0 Å². The molecule has 0 radical (unpaired) electrons. The highest BCUT2D eigenvalue weighted by molar-refractivity contribution is 5.80. The predicted molar refractivity (Wildman–Crippen MR) is 51.9 cm³/mol. The molecule has 1 aliphatic rings. The second-order valence-corrected chi connectivity index (χ2v) is 3.24. The lowest BCUT2D eigenvalue weighted by molar-refractivity contribution is -0.122. The average Bonchev–Trinajstić information content (AvgIpc) is 2.53. The number of rotatable bonds is 2. The van der Waals surface area contributed by atoms with Crippen molar-refractivity contribution >= 4 is 5.91 Å². The monoisotopic (exact) mass is 180 g/mol. The van der Waals surface area contributed by atoms with Crippen molar-refractivity contribution in [1.82, 2.24) is 4.90 Å². The molecule has 1 fully saturated rings. The lowest BCUT2D eigenvalue weighted by atomic mass is 10.2. The number of amides is 1. The van der Waals surface area contributed by atoms with Crippen LogP contribution in [0.4, 0.5) is 0 Å². The summed E-state index contributed by atoms with van der Waals surface area (Å²) in [6.45, 7) is 3.65. The van der Waals surface area contributed by atoms with Crippen LogP contribution >= 0.6 is 0 Å². The summed E-state index contributed by atoms with van der Waals surface area (Å²) in [6, 6.07) is -0.0776. The summed E-state index contributed by atoms with van der Waals surface area (Å²) in [5, 5.41) is 0. The summed E-state index contributed by atoms with van der Waals surface area (Å²) in [4.78, 5) is 13.0. The Kier molecular flexibility index (Phi) is 3.78. The summed E-state index contributed by atoms with van der Waals surface area (Å²) >= 11 is 0. The smallest absolute Gasteiger partial charge is 0.234 e. The van der Waals surface area contributed by atoms with E-state index >= 15 is 0 Å². The normalized spacial score (nSPS) is 22.4. The van der Waals surface area contributed by atoms with Crippen LogP contribution in [0.3, 0.4) is 0 Å². The molecule has 1 rings (SSSR count). The average molecular weight is 180 g/mol. The summed E-state index contributed by atoms with van der Waals surface area (Å²) < 4.78 is 0. The molecule has 3 heteroatoms. The highest BCUT2D eigenvalue weighted by Crippen LogP contribution is 2.15. The van der Waals surface area contributed by atoms with E-state index in [2.05, 4.69) is 16.7 Å². The van der Waals surface area contributed by atoms with Gasteiger partial charge in [-0.05, 0) is 19.4 Å². The van der Waals surface area contributed by atoms with Gasteiger partial charge >= 0.3 is 0 Å². The van der Waals surface area contributed by atoms with Crippen molar-refractivity contribution in [1.29, 1.82) is 0 Å². The van der Waals surface area contributed by atoms with E-state index in [0.717, 1.165) is 25.8 Å². The Morgan fingerprint density at radius 1 is 1.62 bits per heavy atom. The van der Waals surface area contributed by atoms with Gasteiger partial charge in [0.15, 0.2) is 0 Å². The van der Waals surface area contributed by atoms with Crippen molar-refractivity contribution in [3.8, 4) is 11.8 Å². The van der Waals surface area contributed by atoms with Gasteiger partial charge in [0.2, 0.25) is 5.91 Å². The molecule has 0 spiro atoms. The summed E-state index contributed by atoms with van der Waals surface area (Å²) in [5.74, 6) is 5.81. The second kappa shape index (κ2) is 4.88. The molecular weight excluding hydrogens is 164 g/mol. The predicted octanol–water partition coefficient (Wildman–Crippen LogP) is 0.350. The van der Waals surface area contributed by atoms with Crippen LogP contribution in [0, 0.1) is 11.8 Å². The van der Waals surface area contributed by atoms with Crippen molar-refractivity contribution < 1.29 is 4.79 Å². The van der Waals surface area contributed by atoms with Crippen molar-refractivity contribution in [3.63, 3.8) is 0 Å². The molecule has 0 aromatic heterocycles. The van der Waals surface area contributed by atoms with E-state index in [1.807, 2.05) is 6.92 Å². The molecule has 1 amide bonds. The van der Waals surface area contributed by atoms with Gasteiger partial charge in [0, 0.05) is 6.42 Å². The van der Waals surface area contributed by atoms with Crippen molar-refractivity contribution in [2.75, 3.05) is 13.1 Å². The van der Waals surface area contributed by atoms with Crippen molar-refractivity contribution in [2.24, 2.45) is 5.73 Å². The molecular formula is C10H16N2O. The first kappa shape index (κ1) is 10.1. The number of hydrogen-bond acceptors (Lipinski definition) is 2. The Labute approximate surface area is 79.3 Å². The van der Waals surface area contributed by atoms with E-state index in [-0.39, 0.29) is 11.9 Å². The molecule has 0 aromatic carbocycles. The minimum absolute atomic E-state index is 0.0776. The Morgan fingerprint density at radius 2 is 2.38 bits per heavy atom. The van der Waals surface area contributed by atoms with Gasteiger partial charge in [-0.3, -0.25) is 9.69 Å². The van der Waals surface area contributed by atoms with E-state index in [1.165, 1.54) is 0 Å². The third-order valence-electron chi connectivity index (χ3n) is 2.28. The topological polar surface area (TPSA) is 46.3 Å². The van der Waals surface area contributed by atoms with Crippen LogP contribution in [-0.4, -0.2) is 29.9 Å². The van der Waals surface area contributed by atoms with Gasteiger partial charge in [0.25, 0.3) is 0 Å². The maximum Gasteiger partial charge on any atom is 0.234 e. The maximum atomic E-state index is 11.0. The number of nitrogens with two attached hydrogens (primary N) is 1. The standard InChI is InChI=1S/C10H16N2O/c1-2-3-4-7-12-8-5-6-9(12)10(11)13/h9H,2,5-8H2,1H3,(H2,11,13)/t9-/m1/s1. The summed E-state index contributed by atoms with van der Waals surface area (Å²) in [7, 11) is 0. The zero-order valence-electron chi connectivity index (χ0n) is 8.05. The van der Waals surface area contributed by atoms with E-state index < -0.39 is 0 Å². The first-order valence-corrected chi connectivity index (χ1v) is 4.74. The molecule has 2 N–H and O–H groups in total. The fourth-order valence-corrected chi connectivity index (χ4v) is 1.62. The molecule has 1 saturated heterocycles. The molecule has 0 aliphatic carbocycles. The SMILES string of the molecule is CCC#CCN1CCC[C@@H]1C(N)=O. The maximum absolute atomic E-state index is 11.0. The highest BCUT2D eigenvalue weighted by Gasteiger charge is 2.27. The minimum atomic E-state index is -0.212. The number of likely N-dealkylation sites (tertiary alicyclic amines) is 1. The number of primary amides is 1. The van der Waals surface area contributed by atoms with Crippen LogP contribution in [0.25, 0.3) is 0 Å². The summed E-state index contributed by atoms with van der Waals surface area (Å²) in [5.41, 5.74) is 5.26. The van der Waals surface area contributed by atoms with Crippen LogP contribution < -0.4 is 5.73 Å². The van der Waals surface area contributed by atoms with E-state index in [0.29, 0.717) is 6.54 Å². The second-order valence-electron chi connectivity index (χ2n) is 3.24. The molecule has 0 saturated carbocycles. The fraction of sp³-hybridized carbons (Fsp3) is 0.700. The third kappa shape index (κ3) is 2.74. The van der Waals surface area contributed by atoms with E-state index in [1.54, 1.807) is 0 Å². The Hall–Kier alpha value is -1.01. The van der Waals surface area contributed by atoms with Crippen LogP contribution in [0.2, 0.25) is 0 Å². The lowest BCUT2D eigenvalue weighted by Gasteiger charge is -2.18. The van der Waals surface area contributed by atoms with Gasteiger partial charge in [-0.1, -0.05) is 12.8 Å². The van der Waals surface area contributed by atoms with Crippen LogP contribution in [0.1, 0.15) is 26.2 Å². The third-order valence-corrected chi connectivity index (χ3v) is 2.28. The molecule has 72 valence electrons. The van der Waals surface area contributed by atoms with Crippen molar-refractivity contribution in [2.45, 2.75) is 32.2 Å². The van der Waals surface area contributed by atoms with Crippen LogP contribution in [0.5, 0.6) is 0 Å². The van der Waals surface area contributed by atoms with Gasteiger partial charge < -0.3 is 5.73 Å². The molecule has 3 nitrogen and oxygen atoms in total. The van der Waals surface area contributed by atoms with Crippen LogP contribution in [-0.2, 0) is 4.79 Å². The largest absolute Gasteiger partial charge is 0.368 e. The van der Waals surface area contributed by atoms with Gasteiger partial charge in [0.1, 0.15) is 0 Å². The molecule has 0 bridgehead atoms. The number of nitrogens with zero attached hydrogens (tertiary/aromatic N) is 1. The van der Waals surface area contributed by atoms with Gasteiger partial charge in [-0.15, -0.1) is 5.92 Å². The van der Waals surface area contributed by atoms with Gasteiger partial charge in [-0.25, -0.2) is 0 Å². The quantitative estimate of drug-likeness (QED) is 0.623. The van der Waals surface area contributed by atoms with Gasteiger partial charge in [0.05, 0.1) is 12.6 Å². The molecule has 1 aliphatic heterocycles. The Bertz CT molecular complexity index is 239. The molecule has 1 atom stereocenters. The Morgan fingerprint density at radius 3 is 3.00 bits per heavy atom. The summed E-state index contributed by atoms with van der Waals surface area (Å²) in [6.07, 6.45) is 2.82. The van der Waals surface area contributed by atoms with E-state index in [4.69, 9.17) is 5.73 Å². The number of hydrogen-bond donors (Lipinski definition) is 1. The first-order chi connectivity index (χ1) is 6.25. The first-order valence-electron chi connectivity index (χ1n) is 4.74. The molecule has 13 heavy (non-hydrogen) atoms. The number of carbonyl (C=O) groups excluding carboxylic acids is 1. The lowest BCUT2D eigenvalue weighted by Crippen LogP contribution is -2.40. The fourth-order valence-electron chi connectivity index (χ4n) is 1.62. The zero-order chi connectivity index (χ0) is 9.68.